The second-order valence-electron chi connectivity index (χ2n) is 5.14. The zero-order chi connectivity index (χ0) is 15.2. The number of carbonyl (C=O) groups excluding carboxylic acids is 1. The lowest BCUT2D eigenvalue weighted by molar-refractivity contribution is 0.102. The molecule has 0 aliphatic rings. The standard InChI is InChI=1S/C18H20O2S/c1-13(2)14-8-10-15(11-9-14)16(19)12-21-18-7-5-4-6-17(18)20-3/h4-11,13H,12H2,1-3H3. The molecule has 2 aromatic carbocycles. The van der Waals surface area contributed by atoms with Crippen molar-refractivity contribution in [2.45, 2.75) is 24.7 Å². The van der Waals surface area contributed by atoms with E-state index in [9.17, 15) is 4.79 Å². The summed E-state index contributed by atoms with van der Waals surface area (Å²) in [6, 6.07) is 15.7. The van der Waals surface area contributed by atoms with Crippen LogP contribution in [-0.4, -0.2) is 18.6 Å². The van der Waals surface area contributed by atoms with Crippen LogP contribution in [0.5, 0.6) is 5.75 Å². The predicted molar refractivity (Wildman–Crippen MR) is 88.6 cm³/mol. The third kappa shape index (κ3) is 4.11. The molecule has 2 aromatic rings. The normalized spacial score (nSPS) is 10.7. The smallest absolute Gasteiger partial charge is 0.173 e. The van der Waals surface area contributed by atoms with Gasteiger partial charge in [-0.1, -0.05) is 50.2 Å². The monoisotopic (exact) mass is 300 g/mol. The first-order valence-corrected chi connectivity index (χ1v) is 7.99. The molecule has 110 valence electrons. The molecule has 0 atom stereocenters. The summed E-state index contributed by atoms with van der Waals surface area (Å²) < 4.78 is 5.29. The summed E-state index contributed by atoms with van der Waals surface area (Å²) in [4.78, 5) is 13.2. The SMILES string of the molecule is COc1ccccc1SCC(=O)c1ccc(C(C)C)cc1. The summed E-state index contributed by atoms with van der Waals surface area (Å²) in [6.07, 6.45) is 0. The van der Waals surface area contributed by atoms with E-state index in [2.05, 4.69) is 13.8 Å². The molecule has 0 amide bonds. The highest BCUT2D eigenvalue weighted by Crippen LogP contribution is 2.29. The van der Waals surface area contributed by atoms with E-state index in [-0.39, 0.29) is 5.78 Å². The third-order valence-electron chi connectivity index (χ3n) is 3.33. The number of ketones is 1. The van der Waals surface area contributed by atoms with Gasteiger partial charge in [0.05, 0.1) is 12.9 Å². The maximum atomic E-state index is 12.2. The molecule has 0 saturated carbocycles. The Morgan fingerprint density at radius 1 is 1.10 bits per heavy atom. The molecule has 21 heavy (non-hydrogen) atoms. The molecule has 2 rings (SSSR count). The molecule has 0 unspecified atom stereocenters. The Hall–Kier alpha value is -1.74. The van der Waals surface area contributed by atoms with Gasteiger partial charge in [-0.15, -0.1) is 11.8 Å². The first kappa shape index (κ1) is 15.6. The van der Waals surface area contributed by atoms with Gasteiger partial charge < -0.3 is 4.74 Å². The van der Waals surface area contributed by atoms with Crippen LogP contribution in [0, 0.1) is 0 Å². The Kier molecular flexibility index (Phi) is 5.45. The van der Waals surface area contributed by atoms with E-state index in [1.807, 2.05) is 48.5 Å². The Morgan fingerprint density at radius 2 is 1.76 bits per heavy atom. The van der Waals surface area contributed by atoms with E-state index in [0.29, 0.717) is 11.7 Å². The molecule has 0 fully saturated rings. The van der Waals surface area contributed by atoms with E-state index in [1.54, 1.807) is 7.11 Å². The zero-order valence-electron chi connectivity index (χ0n) is 12.6. The summed E-state index contributed by atoms with van der Waals surface area (Å²) in [5, 5.41) is 0. The van der Waals surface area contributed by atoms with E-state index in [0.717, 1.165) is 16.2 Å². The van der Waals surface area contributed by atoms with Gasteiger partial charge >= 0.3 is 0 Å². The third-order valence-corrected chi connectivity index (χ3v) is 4.38. The first-order valence-electron chi connectivity index (χ1n) is 7.00. The Bertz CT molecular complexity index is 603. The summed E-state index contributed by atoms with van der Waals surface area (Å²) in [7, 11) is 1.64. The van der Waals surface area contributed by atoms with Crippen LogP contribution in [-0.2, 0) is 0 Å². The maximum Gasteiger partial charge on any atom is 0.173 e. The molecule has 0 aliphatic heterocycles. The van der Waals surface area contributed by atoms with E-state index in [4.69, 9.17) is 4.74 Å². The number of rotatable bonds is 6. The molecule has 0 heterocycles. The van der Waals surface area contributed by atoms with Gasteiger partial charge in [-0.3, -0.25) is 4.79 Å². The van der Waals surface area contributed by atoms with Crippen LogP contribution in [0.4, 0.5) is 0 Å². The minimum absolute atomic E-state index is 0.140. The molecule has 0 radical (unpaired) electrons. The van der Waals surface area contributed by atoms with Crippen LogP contribution < -0.4 is 4.74 Å². The fourth-order valence-electron chi connectivity index (χ4n) is 2.02. The van der Waals surface area contributed by atoms with Gasteiger partial charge in [0.25, 0.3) is 0 Å². The molecule has 0 aliphatic carbocycles. The molecular weight excluding hydrogens is 280 g/mol. The Labute approximate surface area is 130 Å². The van der Waals surface area contributed by atoms with Crippen molar-refractivity contribution < 1.29 is 9.53 Å². The highest BCUT2D eigenvalue weighted by atomic mass is 32.2. The van der Waals surface area contributed by atoms with Crippen molar-refractivity contribution in [2.24, 2.45) is 0 Å². The fraction of sp³-hybridized carbons (Fsp3) is 0.278. The van der Waals surface area contributed by atoms with Crippen LogP contribution in [0.15, 0.2) is 53.4 Å². The lowest BCUT2D eigenvalue weighted by Crippen LogP contribution is -2.03. The van der Waals surface area contributed by atoms with Gasteiger partial charge in [0.1, 0.15) is 5.75 Å². The minimum atomic E-state index is 0.140. The summed E-state index contributed by atoms with van der Waals surface area (Å²) >= 11 is 1.51. The number of hydrogen-bond donors (Lipinski definition) is 0. The number of methoxy groups -OCH3 is 1. The number of carbonyl (C=O) groups is 1. The molecule has 0 N–H and O–H groups in total. The first-order chi connectivity index (χ1) is 10.1. The lowest BCUT2D eigenvalue weighted by atomic mass is 10.0. The Morgan fingerprint density at radius 3 is 2.38 bits per heavy atom. The Balaban J connectivity index is 2.01. The molecule has 2 nitrogen and oxygen atoms in total. The van der Waals surface area contributed by atoms with Crippen molar-refractivity contribution in [1.29, 1.82) is 0 Å². The largest absolute Gasteiger partial charge is 0.496 e. The van der Waals surface area contributed by atoms with Gasteiger partial charge in [-0.2, -0.15) is 0 Å². The molecular formula is C18H20O2S. The van der Waals surface area contributed by atoms with Crippen molar-refractivity contribution in [3.63, 3.8) is 0 Å². The number of benzene rings is 2. The fourth-order valence-corrected chi connectivity index (χ4v) is 2.94. The number of thioether (sulfide) groups is 1. The number of hydrogen-bond acceptors (Lipinski definition) is 3. The van der Waals surface area contributed by atoms with Crippen LogP contribution in [0.25, 0.3) is 0 Å². The average Bonchev–Trinajstić information content (AvgIpc) is 2.52. The summed E-state index contributed by atoms with van der Waals surface area (Å²) in [6.45, 7) is 4.29. The maximum absolute atomic E-state index is 12.2. The van der Waals surface area contributed by atoms with Gasteiger partial charge in [0.15, 0.2) is 5.78 Å². The van der Waals surface area contributed by atoms with Gasteiger partial charge in [0.2, 0.25) is 0 Å². The summed E-state index contributed by atoms with van der Waals surface area (Å²) in [5.41, 5.74) is 2.02. The quantitative estimate of drug-likeness (QED) is 0.566. The molecule has 0 bridgehead atoms. The van der Waals surface area contributed by atoms with Gasteiger partial charge in [-0.25, -0.2) is 0 Å². The minimum Gasteiger partial charge on any atom is -0.496 e. The van der Waals surface area contributed by atoms with Crippen LogP contribution in [0.1, 0.15) is 35.7 Å². The topological polar surface area (TPSA) is 26.3 Å². The van der Waals surface area contributed by atoms with Gasteiger partial charge in [-0.05, 0) is 23.6 Å². The number of Topliss-reactive ketones (excluding diaryl/α,β-unsaturated/α-hetero) is 1. The molecule has 0 saturated heterocycles. The van der Waals surface area contributed by atoms with Crippen LogP contribution >= 0.6 is 11.8 Å². The van der Waals surface area contributed by atoms with Crippen molar-refractivity contribution in [1.82, 2.24) is 0 Å². The second kappa shape index (κ2) is 7.32. The lowest BCUT2D eigenvalue weighted by Gasteiger charge is -2.08. The van der Waals surface area contributed by atoms with Crippen molar-refractivity contribution in [3.8, 4) is 5.75 Å². The highest BCUT2D eigenvalue weighted by molar-refractivity contribution is 8.00. The van der Waals surface area contributed by atoms with Crippen LogP contribution in [0.2, 0.25) is 0 Å². The van der Waals surface area contributed by atoms with E-state index < -0.39 is 0 Å². The van der Waals surface area contributed by atoms with Crippen molar-refractivity contribution >= 4 is 17.5 Å². The molecule has 3 heteroatoms. The van der Waals surface area contributed by atoms with E-state index >= 15 is 0 Å². The molecule has 0 spiro atoms. The van der Waals surface area contributed by atoms with E-state index in [1.165, 1.54) is 17.3 Å². The van der Waals surface area contributed by atoms with Crippen molar-refractivity contribution in [3.05, 3.63) is 59.7 Å². The second-order valence-corrected chi connectivity index (χ2v) is 6.16. The zero-order valence-corrected chi connectivity index (χ0v) is 13.4. The number of ether oxygens (including phenoxy) is 1. The average molecular weight is 300 g/mol. The summed E-state index contributed by atoms with van der Waals surface area (Å²) in [5.74, 6) is 1.85. The van der Waals surface area contributed by atoms with Crippen LogP contribution in [0.3, 0.4) is 0 Å². The number of para-hydroxylation sites is 1. The predicted octanol–water partition coefficient (Wildman–Crippen LogP) is 4.79. The van der Waals surface area contributed by atoms with Crippen molar-refractivity contribution in [2.75, 3.05) is 12.9 Å². The molecule has 0 aromatic heterocycles. The van der Waals surface area contributed by atoms with Gasteiger partial charge in [0, 0.05) is 10.5 Å². The highest BCUT2D eigenvalue weighted by Gasteiger charge is 2.09.